The van der Waals surface area contributed by atoms with Crippen LogP contribution in [0, 0.1) is 0 Å². The third-order valence-electron chi connectivity index (χ3n) is 4.22. The first kappa shape index (κ1) is 22.3. The SMILES string of the molecule is O=C(C=COc1ccc(CCOS(=O)(=O)c2ccccc2)cc1)OCc1ccccc1. The van der Waals surface area contributed by atoms with Crippen molar-refractivity contribution in [2.75, 3.05) is 6.61 Å². The summed E-state index contributed by atoms with van der Waals surface area (Å²) in [6, 6.07) is 24.5. The lowest BCUT2D eigenvalue weighted by atomic mass is 10.1. The van der Waals surface area contributed by atoms with Gasteiger partial charge in [0.1, 0.15) is 12.4 Å². The van der Waals surface area contributed by atoms with E-state index >= 15 is 0 Å². The number of hydrogen-bond acceptors (Lipinski definition) is 6. The highest BCUT2D eigenvalue weighted by Gasteiger charge is 2.14. The number of rotatable bonds is 10. The Kier molecular flexibility index (Phi) is 7.98. The lowest BCUT2D eigenvalue weighted by Crippen LogP contribution is -2.09. The van der Waals surface area contributed by atoms with Crippen LogP contribution in [0.1, 0.15) is 11.1 Å². The molecule has 0 unspecified atom stereocenters. The van der Waals surface area contributed by atoms with Gasteiger partial charge in [-0.3, -0.25) is 4.18 Å². The first-order valence-corrected chi connectivity index (χ1v) is 11.0. The molecule has 0 heterocycles. The molecule has 3 aromatic rings. The summed E-state index contributed by atoms with van der Waals surface area (Å²) in [4.78, 5) is 11.8. The largest absolute Gasteiger partial charge is 0.465 e. The molecule has 0 spiro atoms. The third-order valence-corrected chi connectivity index (χ3v) is 5.54. The van der Waals surface area contributed by atoms with Crippen LogP contribution in [-0.2, 0) is 36.9 Å². The van der Waals surface area contributed by atoms with E-state index < -0.39 is 16.1 Å². The number of carbonyl (C=O) groups excluding carboxylic acids is 1. The van der Waals surface area contributed by atoms with Gasteiger partial charge in [-0.25, -0.2) is 4.79 Å². The Labute approximate surface area is 181 Å². The lowest BCUT2D eigenvalue weighted by Gasteiger charge is -2.06. The minimum absolute atomic E-state index is 0.0323. The van der Waals surface area contributed by atoms with E-state index in [2.05, 4.69) is 0 Å². The summed E-state index contributed by atoms with van der Waals surface area (Å²) in [6.45, 7) is 0.228. The summed E-state index contributed by atoms with van der Waals surface area (Å²) >= 11 is 0. The van der Waals surface area contributed by atoms with Gasteiger partial charge in [0.15, 0.2) is 0 Å². The Morgan fingerprint density at radius 1 is 0.806 bits per heavy atom. The second-order valence-corrected chi connectivity index (χ2v) is 8.11. The average Bonchev–Trinajstić information content (AvgIpc) is 2.80. The maximum absolute atomic E-state index is 12.1. The highest BCUT2D eigenvalue weighted by atomic mass is 32.2. The van der Waals surface area contributed by atoms with Gasteiger partial charge >= 0.3 is 5.97 Å². The van der Waals surface area contributed by atoms with Gasteiger partial charge in [0, 0.05) is 0 Å². The monoisotopic (exact) mass is 438 g/mol. The molecule has 0 aliphatic rings. The van der Waals surface area contributed by atoms with Crippen LogP contribution in [0.5, 0.6) is 5.75 Å². The van der Waals surface area contributed by atoms with Crippen molar-refractivity contribution in [1.29, 1.82) is 0 Å². The molecule has 0 aliphatic carbocycles. The van der Waals surface area contributed by atoms with E-state index in [4.69, 9.17) is 13.7 Å². The molecule has 0 radical (unpaired) electrons. The second kappa shape index (κ2) is 11.1. The summed E-state index contributed by atoms with van der Waals surface area (Å²) in [5, 5.41) is 0. The zero-order chi connectivity index (χ0) is 21.9. The number of hydrogen-bond donors (Lipinski definition) is 0. The van der Waals surface area contributed by atoms with Crippen LogP contribution >= 0.6 is 0 Å². The van der Waals surface area contributed by atoms with Crippen LogP contribution in [0.15, 0.2) is 102 Å². The average molecular weight is 439 g/mol. The van der Waals surface area contributed by atoms with E-state index in [1.807, 2.05) is 30.3 Å². The zero-order valence-electron chi connectivity index (χ0n) is 16.7. The molecule has 0 bridgehead atoms. The van der Waals surface area contributed by atoms with Crippen LogP contribution in [0.4, 0.5) is 0 Å². The van der Waals surface area contributed by atoms with Gasteiger partial charge in [0.05, 0.1) is 23.8 Å². The number of esters is 1. The predicted molar refractivity (Wildman–Crippen MR) is 116 cm³/mol. The normalized spacial score (nSPS) is 11.4. The number of benzene rings is 3. The van der Waals surface area contributed by atoms with E-state index in [1.165, 1.54) is 24.5 Å². The van der Waals surface area contributed by atoms with Gasteiger partial charge in [-0.1, -0.05) is 60.7 Å². The van der Waals surface area contributed by atoms with E-state index in [1.54, 1.807) is 42.5 Å². The topological polar surface area (TPSA) is 78.9 Å². The summed E-state index contributed by atoms with van der Waals surface area (Å²) in [7, 11) is -3.76. The highest BCUT2D eigenvalue weighted by molar-refractivity contribution is 7.86. The standard InChI is InChI=1S/C24H22O6S/c25-24(29-19-21-7-3-1-4-8-21)16-17-28-22-13-11-20(12-14-22)15-18-30-31(26,27)23-9-5-2-6-10-23/h1-14,16-17H,15,18-19H2. The fraction of sp³-hybridized carbons (Fsp3) is 0.125. The summed E-state index contributed by atoms with van der Waals surface area (Å²) < 4.78 is 39.8. The Bertz CT molecular complexity index is 1090. The van der Waals surface area contributed by atoms with Crippen LogP contribution in [0.2, 0.25) is 0 Å². The first-order valence-electron chi connectivity index (χ1n) is 9.60. The fourth-order valence-electron chi connectivity index (χ4n) is 2.60. The van der Waals surface area contributed by atoms with Gasteiger partial charge in [-0.05, 0) is 41.8 Å². The Morgan fingerprint density at radius 2 is 1.45 bits per heavy atom. The molecule has 31 heavy (non-hydrogen) atoms. The molecule has 0 amide bonds. The third kappa shape index (κ3) is 7.40. The Hall–Kier alpha value is -3.42. The molecule has 0 saturated carbocycles. The van der Waals surface area contributed by atoms with Gasteiger partial charge in [-0.15, -0.1) is 0 Å². The van der Waals surface area contributed by atoms with Crippen LogP contribution in [0.3, 0.4) is 0 Å². The molecule has 0 atom stereocenters. The van der Waals surface area contributed by atoms with Crippen molar-refractivity contribution >= 4 is 16.1 Å². The number of ether oxygens (including phenoxy) is 2. The Balaban J connectivity index is 1.40. The van der Waals surface area contributed by atoms with Crippen molar-refractivity contribution in [2.45, 2.75) is 17.9 Å². The number of carbonyl (C=O) groups is 1. The molecule has 0 N–H and O–H groups in total. The fourth-order valence-corrected chi connectivity index (χ4v) is 3.53. The summed E-state index contributed by atoms with van der Waals surface area (Å²) in [5.74, 6) is 0.0333. The van der Waals surface area contributed by atoms with Crippen molar-refractivity contribution < 1.29 is 26.9 Å². The van der Waals surface area contributed by atoms with E-state index in [0.29, 0.717) is 12.2 Å². The molecule has 3 rings (SSSR count). The molecular weight excluding hydrogens is 416 g/mol. The summed E-state index contributed by atoms with van der Waals surface area (Å²) in [6.07, 6.45) is 2.89. The molecule has 6 nitrogen and oxygen atoms in total. The van der Waals surface area contributed by atoms with Crippen LogP contribution in [-0.4, -0.2) is 21.0 Å². The minimum Gasteiger partial charge on any atom is -0.465 e. The van der Waals surface area contributed by atoms with Crippen molar-refractivity contribution in [3.8, 4) is 5.75 Å². The van der Waals surface area contributed by atoms with Crippen molar-refractivity contribution in [1.82, 2.24) is 0 Å². The molecule has 0 aliphatic heterocycles. The van der Waals surface area contributed by atoms with E-state index in [-0.39, 0.29) is 18.1 Å². The van der Waals surface area contributed by atoms with Crippen molar-refractivity contribution in [3.63, 3.8) is 0 Å². The Morgan fingerprint density at radius 3 is 2.13 bits per heavy atom. The quantitative estimate of drug-likeness (QED) is 0.204. The van der Waals surface area contributed by atoms with Gasteiger partial charge in [0.2, 0.25) is 0 Å². The van der Waals surface area contributed by atoms with Crippen molar-refractivity contribution in [2.24, 2.45) is 0 Å². The summed E-state index contributed by atoms with van der Waals surface area (Å²) in [5.41, 5.74) is 1.79. The van der Waals surface area contributed by atoms with Gasteiger partial charge < -0.3 is 9.47 Å². The van der Waals surface area contributed by atoms with Gasteiger partial charge in [-0.2, -0.15) is 8.42 Å². The lowest BCUT2D eigenvalue weighted by molar-refractivity contribution is -0.139. The van der Waals surface area contributed by atoms with Crippen LogP contribution in [0.25, 0.3) is 0 Å². The highest BCUT2D eigenvalue weighted by Crippen LogP contribution is 2.15. The molecule has 0 aromatic heterocycles. The molecule has 0 fully saturated rings. The maximum Gasteiger partial charge on any atom is 0.334 e. The molecular formula is C24H22O6S. The van der Waals surface area contributed by atoms with Crippen molar-refractivity contribution in [3.05, 3.63) is 108 Å². The smallest absolute Gasteiger partial charge is 0.334 e. The van der Waals surface area contributed by atoms with E-state index in [0.717, 1.165) is 11.1 Å². The predicted octanol–water partition coefficient (Wildman–Crippen LogP) is 4.27. The van der Waals surface area contributed by atoms with Gasteiger partial charge in [0.25, 0.3) is 10.1 Å². The maximum atomic E-state index is 12.1. The molecule has 0 saturated heterocycles. The molecule has 160 valence electrons. The van der Waals surface area contributed by atoms with E-state index in [9.17, 15) is 13.2 Å². The molecule has 7 heteroatoms. The zero-order valence-corrected chi connectivity index (χ0v) is 17.5. The minimum atomic E-state index is -3.76. The second-order valence-electron chi connectivity index (χ2n) is 6.50. The first-order chi connectivity index (χ1) is 15.0. The molecule has 3 aromatic carbocycles. The van der Waals surface area contributed by atoms with Crippen LogP contribution < -0.4 is 4.74 Å².